The van der Waals surface area contributed by atoms with Crippen molar-refractivity contribution in [2.24, 2.45) is 0 Å². The molecule has 4 nitrogen and oxygen atoms in total. The third-order valence-corrected chi connectivity index (χ3v) is 4.07. The van der Waals surface area contributed by atoms with Crippen molar-refractivity contribution in [1.29, 1.82) is 0 Å². The standard InChI is InChI=1S/C15H16F3N3OS/c1-2-7-21-10-19-8-12(21)9-23-13-5-3-11(4-6-13)20-14(22)15(16,17)18/h3-6,8,10H,2,7,9H2,1H3,(H,20,22). The van der Waals surface area contributed by atoms with Crippen LogP contribution in [-0.4, -0.2) is 21.6 Å². The molecule has 0 saturated heterocycles. The van der Waals surface area contributed by atoms with Crippen molar-refractivity contribution in [3.8, 4) is 0 Å². The van der Waals surface area contributed by atoms with Gasteiger partial charge in [0.05, 0.1) is 6.33 Å². The van der Waals surface area contributed by atoms with Gasteiger partial charge < -0.3 is 9.88 Å². The van der Waals surface area contributed by atoms with Gasteiger partial charge in [-0.25, -0.2) is 4.98 Å². The van der Waals surface area contributed by atoms with E-state index in [1.807, 2.05) is 5.32 Å². The molecule has 1 aromatic heterocycles. The number of hydrogen-bond donors (Lipinski definition) is 1. The molecule has 1 heterocycles. The van der Waals surface area contributed by atoms with Crippen LogP contribution in [0.2, 0.25) is 0 Å². The number of benzene rings is 1. The van der Waals surface area contributed by atoms with E-state index in [-0.39, 0.29) is 5.69 Å². The van der Waals surface area contributed by atoms with E-state index in [2.05, 4.69) is 16.5 Å². The van der Waals surface area contributed by atoms with Crippen molar-refractivity contribution in [3.05, 3.63) is 42.5 Å². The highest BCUT2D eigenvalue weighted by molar-refractivity contribution is 7.98. The molecule has 0 fully saturated rings. The third-order valence-electron chi connectivity index (χ3n) is 3.02. The van der Waals surface area contributed by atoms with E-state index in [9.17, 15) is 18.0 Å². The molecule has 2 rings (SSSR count). The Morgan fingerprint density at radius 1 is 1.30 bits per heavy atom. The van der Waals surface area contributed by atoms with Gasteiger partial charge in [0.15, 0.2) is 0 Å². The van der Waals surface area contributed by atoms with Gasteiger partial charge in [0, 0.05) is 34.8 Å². The Bertz CT molecular complexity index is 653. The zero-order valence-electron chi connectivity index (χ0n) is 12.4. The number of hydrogen-bond acceptors (Lipinski definition) is 3. The summed E-state index contributed by atoms with van der Waals surface area (Å²) >= 11 is 1.56. The van der Waals surface area contributed by atoms with E-state index in [1.54, 1.807) is 36.4 Å². The smallest absolute Gasteiger partial charge is 0.334 e. The van der Waals surface area contributed by atoms with Crippen molar-refractivity contribution in [2.75, 3.05) is 5.32 Å². The molecule has 0 aliphatic heterocycles. The first-order valence-electron chi connectivity index (χ1n) is 7.00. The van der Waals surface area contributed by atoms with Gasteiger partial charge in [0.2, 0.25) is 0 Å². The molecule has 2 aromatic rings. The van der Waals surface area contributed by atoms with E-state index >= 15 is 0 Å². The predicted molar refractivity (Wildman–Crippen MR) is 83.2 cm³/mol. The lowest BCUT2D eigenvalue weighted by Crippen LogP contribution is -2.29. The molecule has 0 aliphatic rings. The second-order valence-corrected chi connectivity index (χ2v) is 5.89. The van der Waals surface area contributed by atoms with Crippen LogP contribution >= 0.6 is 11.8 Å². The SMILES string of the molecule is CCCn1cncc1CSc1ccc(NC(=O)C(F)(F)F)cc1. The fraction of sp³-hybridized carbons (Fsp3) is 0.333. The van der Waals surface area contributed by atoms with E-state index in [4.69, 9.17) is 0 Å². The van der Waals surface area contributed by atoms with Crippen LogP contribution in [0.4, 0.5) is 18.9 Å². The largest absolute Gasteiger partial charge is 0.471 e. The Kier molecular flexibility index (Phi) is 5.70. The summed E-state index contributed by atoms with van der Waals surface area (Å²) in [5.41, 5.74) is 1.21. The zero-order chi connectivity index (χ0) is 16.9. The highest BCUT2D eigenvalue weighted by atomic mass is 32.2. The molecule has 0 saturated carbocycles. The van der Waals surface area contributed by atoms with Crippen molar-refractivity contribution in [2.45, 2.75) is 36.7 Å². The summed E-state index contributed by atoms with van der Waals surface area (Å²) in [4.78, 5) is 15.9. The molecular weight excluding hydrogens is 327 g/mol. The molecule has 1 amide bonds. The van der Waals surface area contributed by atoms with Crippen LogP contribution in [0.15, 0.2) is 41.7 Å². The molecule has 23 heavy (non-hydrogen) atoms. The number of anilines is 1. The van der Waals surface area contributed by atoms with Crippen LogP contribution in [0, 0.1) is 0 Å². The number of carbonyl (C=O) groups excluding carboxylic acids is 1. The summed E-state index contributed by atoms with van der Waals surface area (Å²) in [5, 5.41) is 1.82. The summed E-state index contributed by atoms with van der Waals surface area (Å²) in [5.74, 6) is -1.25. The maximum Gasteiger partial charge on any atom is 0.471 e. The van der Waals surface area contributed by atoms with Crippen LogP contribution in [0.3, 0.4) is 0 Å². The summed E-state index contributed by atoms with van der Waals surface area (Å²) in [6.45, 7) is 2.99. The average Bonchev–Trinajstić information content (AvgIpc) is 2.93. The van der Waals surface area contributed by atoms with E-state index in [1.165, 1.54) is 12.1 Å². The van der Waals surface area contributed by atoms with Gasteiger partial charge in [0.1, 0.15) is 0 Å². The molecule has 0 atom stereocenters. The lowest BCUT2D eigenvalue weighted by Gasteiger charge is -2.09. The molecule has 0 aliphatic carbocycles. The van der Waals surface area contributed by atoms with Crippen LogP contribution in [0.25, 0.3) is 0 Å². The monoisotopic (exact) mass is 343 g/mol. The van der Waals surface area contributed by atoms with Gasteiger partial charge >= 0.3 is 12.1 Å². The first kappa shape index (κ1) is 17.4. The quantitative estimate of drug-likeness (QED) is 0.804. The molecule has 0 bridgehead atoms. The molecule has 0 spiro atoms. The average molecular weight is 343 g/mol. The highest BCUT2D eigenvalue weighted by Gasteiger charge is 2.38. The van der Waals surface area contributed by atoms with E-state index in [0.717, 1.165) is 23.6 Å². The van der Waals surface area contributed by atoms with E-state index < -0.39 is 12.1 Å². The molecule has 0 unspecified atom stereocenters. The molecular formula is C15H16F3N3OS. The van der Waals surface area contributed by atoms with Crippen molar-refractivity contribution in [3.63, 3.8) is 0 Å². The van der Waals surface area contributed by atoms with Crippen LogP contribution in [0.5, 0.6) is 0 Å². The van der Waals surface area contributed by atoms with Crippen molar-refractivity contribution < 1.29 is 18.0 Å². The summed E-state index contributed by atoms with van der Waals surface area (Å²) in [6.07, 6.45) is -0.275. The maximum absolute atomic E-state index is 12.2. The lowest BCUT2D eigenvalue weighted by molar-refractivity contribution is -0.167. The van der Waals surface area contributed by atoms with Gasteiger partial charge in [-0.05, 0) is 30.7 Å². The second-order valence-electron chi connectivity index (χ2n) is 4.84. The van der Waals surface area contributed by atoms with Crippen molar-refractivity contribution >= 4 is 23.4 Å². The Morgan fingerprint density at radius 3 is 2.61 bits per heavy atom. The van der Waals surface area contributed by atoms with Crippen molar-refractivity contribution in [1.82, 2.24) is 9.55 Å². The summed E-state index contributed by atoms with van der Waals surface area (Å²) in [7, 11) is 0. The van der Waals surface area contributed by atoms with Crippen LogP contribution in [0.1, 0.15) is 19.0 Å². The number of carbonyl (C=O) groups is 1. The maximum atomic E-state index is 12.2. The molecule has 1 N–H and O–H groups in total. The van der Waals surface area contributed by atoms with Gasteiger partial charge in [-0.3, -0.25) is 4.79 Å². The summed E-state index contributed by atoms with van der Waals surface area (Å²) in [6, 6.07) is 6.26. The number of amides is 1. The minimum absolute atomic E-state index is 0.118. The molecule has 1 aromatic carbocycles. The third kappa shape index (κ3) is 5.02. The fourth-order valence-electron chi connectivity index (χ4n) is 1.90. The Labute approximate surface area is 136 Å². The Hall–Kier alpha value is -1.96. The van der Waals surface area contributed by atoms with Gasteiger partial charge in [-0.15, -0.1) is 11.8 Å². The number of rotatable bonds is 6. The van der Waals surface area contributed by atoms with Crippen LogP contribution in [-0.2, 0) is 17.1 Å². The number of alkyl halides is 3. The number of imidazole rings is 1. The number of halogens is 3. The molecule has 0 radical (unpaired) electrons. The second kappa shape index (κ2) is 7.54. The fourth-order valence-corrected chi connectivity index (χ4v) is 2.79. The number of aromatic nitrogens is 2. The lowest BCUT2D eigenvalue weighted by atomic mass is 10.3. The number of nitrogens with one attached hydrogen (secondary N) is 1. The first-order chi connectivity index (χ1) is 10.9. The summed E-state index contributed by atoms with van der Waals surface area (Å²) < 4.78 is 38.6. The Balaban J connectivity index is 1.92. The Morgan fingerprint density at radius 2 is 2.00 bits per heavy atom. The number of aryl methyl sites for hydroxylation is 1. The zero-order valence-corrected chi connectivity index (χ0v) is 13.2. The normalized spacial score (nSPS) is 11.5. The molecule has 8 heteroatoms. The highest BCUT2D eigenvalue weighted by Crippen LogP contribution is 2.25. The minimum Gasteiger partial charge on any atom is -0.334 e. The minimum atomic E-state index is -4.88. The van der Waals surface area contributed by atoms with Gasteiger partial charge in [-0.2, -0.15) is 13.2 Å². The first-order valence-corrected chi connectivity index (χ1v) is 7.98. The number of thioether (sulfide) groups is 1. The predicted octanol–water partition coefficient (Wildman–Crippen LogP) is 4.09. The molecule has 124 valence electrons. The topological polar surface area (TPSA) is 46.9 Å². The van der Waals surface area contributed by atoms with Gasteiger partial charge in [0.25, 0.3) is 0 Å². The van der Waals surface area contributed by atoms with Gasteiger partial charge in [-0.1, -0.05) is 6.92 Å². The van der Waals surface area contributed by atoms with E-state index in [0.29, 0.717) is 5.75 Å². The number of nitrogens with zero attached hydrogens (tertiary/aromatic N) is 2. The van der Waals surface area contributed by atoms with Crippen LogP contribution < -0.4 is 5.32 Å².